The van der Waals surface area contributed by atoms with Crippen molar-refractivity contribution < 1.29 is 35.9 Å². The molecule has 0 N–H and O–H groups in total. The first-order valence-corrected chi connectivity index (χ1v) is 13.0. The van der Waals surface area contributed by atoms with Crippen LogP contribution in [0.25, 0.3) is 0 Å². The minimum atomic E-state index is -3.47. The van der Waals surface area contributed by atoms with Crippen molar-refractivity contribution >= 4 is 54.8 Å². The molecule has 8 nitrogen and oxygen atoms in total. The van der Waals surface area contributed by atoms with E-state index in [9.17, 15) is 26.4 Å². The topological polar surface area (TPSA) is 121 Å². The number of hydrogen-bond donors (Lipinski definition) is 0. The number of ether oxygens (including phenoxy) is 2. The second-order valence-electron chi connectivity index (χ2n) is 4.30. The lowest BCUT2D eigenvalue weighted by atomic mass is 10.3. The summed E-state index contributed by atoms with van der Waals surface area (Å²) in [6, 6.07) is 0. The van der Waals surface area contributed by atoms with Crippen molar-refractivity contribution in [2.75, 3.05) is 24.7 Å². The normalized spacial score (nSPS) is 11.2. The lowest BCUT2D eigenvalue weighted by Crippen LogP contribution is -2.06. The Kier molecular flexibility index (Phi) is 14.9. The maximum absolute atomic E-state index is 10.7. The van der Waals surface area contributed by atoms with Gasteiger partial charge in [-0.25, -0.2) is 16.8 Å². The molecular formula is C12H22BrClO8S2. The second kappa shape index (κ2) is 13.9. The second-order valence-corrected chi connectivity index (χ2v) is 11.6. The Labute approximate surface area is 154 Å². The molecule has 144 valence electrons. The van der Waals surface area contributed by atoms with E-state index in [0.717, 1.165) is 0 Å². The monoisotopic (exact) mass is 472 g/mol. The van der Waals surface area contributed by atoms with Gasteiger partial charge in [0.05, 0.1) is 39.5 Å². The van der Waals surface area contributed by atoms with E-state index in [4.69, 9.17) is 10.7 Å². The van der Waals surface area contributed by atoms with Gasteiger partial charge < -0.3 is 9.47 Å². The zero-order valence-corrected chi connectivity index (χ0v) is 17.5. The molecule has 0 fully saturated rings. The molecule has 0 aromatic carbocycles. The maximum Gasteiger partial charge on any atom is 0.305 e. The van der Waals surface area contributed by atoms with Gasteiger partial charge >= 0.3 is 11.9 Å². The summed E-state index contributed by atoms with van der Waals surface area (Å²) >= 11 is 2.49. The summed E-state index contributed by atoms with van der Waals surface area (Å²) in [5, 5.41) is 0. The van der Waals surface area contributed by atoms with Crippen molar-refractivity contribution in [1.29, 1.82) is 0 Å². The maximum atomic E-state index is 10.7. The SMILES string of the molecule is CCOC(=O)CCCS(=O)(=O)Br.CCOC(=O)CCCS(=O)(=O)Cl. The number of hydrogen-bond acceptors (Lipinski definition) is 8. The molecular weight excluding hydrogens is 452 g/mol. The quantitative estimate of drug-likeness (QED) is 0.349. The fourth-order valence-electron chi connectivity index (χ4n) is 1.24. The molecule has 0 aliphatic heterocycles. The van der Waals surface area contributed by atoms with Gasteiger partial charge in [-0.15, -0.1) is 0 Å². The number of rotatable bonds is 10. The van der Waals surface area contributed by atoms with E-state index in [1.54, 1.807) is 13.8 Å². The Morgan fingerprint density at radius 1 is 0.875 bits per heavy atom. The number of esters is 2. The minimum absolute atomic E-state index is 0.0359. The smallest absolute Gasteiger partial charge is 0.305 e. The van der Waals surface area contributed by atoms with E-state index in [0.29, 0.717) is 19.6 Å². The summed E-state index contributed by atoms with van der Waals surface area (Å²) in [5.41, 5.74) is 0. The molecule has 0 saturated carbocycles. The molecule has 0 radical (unpaired) electrons. The molecule has 0 aliphatic rings. The van der Waals surface area contributed by atoms with Crippen LogP contribution in [0.4, 0.5) is 0 Å². The molecule has 0 saturated heterocycles. The van der Waals surface area contributed by atoms with Crippen molar-refractivity contribution in [3.05, 3.63) is 0 Å². The zero-order valence-electron chi connectivity index (χ0n) is 13.5. The van der Waals surface area contributed by atoms with E-state index in [1.165, 1.54) is 0 Å². The average Bonchev–Trinajstić information content (AvgIpc) is 2.37. The van der Waals surface area contributed by atoms with Crippen LogP contribution in [0.3, 0.4) is 0 Å². The number of carbonyl (C=O) groups excluding carboxylic acids is 2. The summed E-state index contributed by atoms with van der Waals surface area (Å²) in [4.78, 5) is 21.4. The zero-order chi connectivity index (χ0) is 19.2. The van der Waals surface area contributed by atoms with Crippen LogP contribution in [0.1, 0.15) is 39.5 Å². The third kappa shape index (κ3) is 23.9. The third-order valence-electron chi connectivity index (χ3n) is 2.15. The third-order valence-corrected chi connectivity index (χ3v) is 5.14. The van der Waals surface area contributed by atoms with Crippen LogP contribution in [0, 0.1) is 0 Å². The predicted molar refractivity (Wildman–Crippen MR) is 94.1 cm³/mol. The molecule has 0 aliphatic carbocycles. The van der Waals surface area contributed by atoms with Crippen LogP contribution in [-0.2, 0) is 36.4 Å². The highest BCUT2D eigenvalue weighted by molar-refractivity contribution is 9.47. The summed E-state index contributed by atoms with van der Waals surface area (Å²) < 4.78 is 51.0. The van der Waals surface area contributed by atoms with Crippen molar-refractivity contribution in [1.82, 2.24) is 0 Å². The van der Waals surface area contributed by atoms with Crippen LogP contribution in [0.15, 0.2) is 0 Å². The minimum Gasteiger partial charge on any atom is -0.466 e. The molecule has 12 heteroatoms. The van der Waals surface area contributed by atoms with Gasteiger partial charge in [0, 0.05) is 23.5 Å². The highest BCUT2D eigenvalue weighted by atomic mass is 79.9. The summed E-state index contributed by atoms with van der Waals surface area (Å²) in [7, 11) is -1.69. The largest absolute Gasteiger partial charge is 0.466 e. The molecule has 0 aromatic heterocycles. The van der Waals surface area contributed by atoms with Crippen molar-refractivity contribution in [2.24, 2.45) is 0 Å². The van der Waals surface area contributed by atoms with Gasteiger partial charge in [0.1, 0.15) is 0 Å². The van der Waals surface area contributed by atoms with Gasteiger partial charge in [0.15, 0.2) is 0 Å². The van der Waals surface area contributed by atoms with Gasteiger partial charge in [-0.1, -0.05) is 0 Å². The van der Waals surface area contributed by atoms with Gasteiger partial charge in [0.2, 0.25) is 17.3 Å². The molecule has 0 heterocycles. The standard InChI is InChI=1S/C6H11BrO4S.C6H11ClO4S/c2*1-2-11-6(8)4-3-5-12(7,9)10/h2*2-5H2,1H3. The van der Waals surface area contributed by atoms with Gasteiger partial charge in [-0.3, -0.25) is 9.59 Å². The van der Waals surface area contributed by atoms with E-state index in [2.05, 4.69) is 24.3 Å². The lowest BCUT2D eigenvalue weighted by Gasteiger charge is -1.99. The van der Waals surface area contributed by atoms with Crippen LogP contribution >= 0.6 is 25.5 Å². The first kappa shape index (κ1) is 25.8. The molecule has 0 rings (SSSR count). The average molecular weight is 474 g/mol. The molecule has 0 bridgehead atoms. The predicted octanol–water partition coefficient (Wildman–Crippen LogP) is 1.95. The highest BCUT2D eigenvalue weighted by Crippen LogP contribution is 2.04. The summed E-state index contributed by atoms with van der Waals surface area (Å²) in [6.07, 6.45) is 0.759. The van der Waals surface area contributed by atoms with Crippen LogP contribution in [0.5, 0.6) is 0 Å². The van der Waals surface area contributed by atoms with E-state index >= 15 is 0 Å². The van der Waals surface area contributed by atoms with E-state index in [1.807, 2.05) is 0 Å². The van der Waals surface area contributed by atoms with Gasteiger partial charge in [0.25, 0.3) is 0 Å². The summed E-state index contributed by atoms with van der Waals surface area (Å²) in [5.74, 6) is -0.967. The fourth-order valence-corrected chi connectivity index (χ4v) is 3.24. The first-order valence-electron chi connectivity index (χ1n) is 7.07. The molecule has 0 amide bonds. The Morgan fingerprint density at radius 2 is 1.25 bits per heavy atom. The Hall–Kier alpha value is -0.390. The Bertz CT molecular complexity index is 522. The number of carbonyl (C=O) groups is 2. The van der Waals surface area contributed by atoms with E-state index in [-0.39, 0.29) is 36.7 Å². The Balaban J connectivity index is 0. The van der Waals surface area contributed by atoms with Gasteiger partial charge in [-0.05, 0) is 26.7 Å². The molecule has 0 unspecified atom stereocenters. The molecule has 0 spiro atoms. The van der Waals surface area contributed by atoms with Gasteiger partial charge in [-0.2, -0.15) is 0 Å². The molecule has 24 heavy (non-hydrogen) atoms. The molecule has 0 aromatic rings. The van der Waals surface area contributed by atoms with Crippen molar-refractivity contribution in [3.8, 4) is 0 Å². The van der Waals surface area contributed by atoms with Crippen molar-refractivity contribution in [3.63, 3.8) is 0 Å². The van der Waals surface area contributed by atoms with Crippen molar-refractivity contribution in [2.45, 2.75) is 39.5 Å². The van der Waals surface area contributed by atoms with Crippen LogP contribution in [-0.4, -0.2) is 53.5 Å². The number of halogens is 2. The lowest BCUT2D eigenvalue weighted by molar-refractivity contribution is -0.144. The van der Waals surface area contributed by atoms with Crippen LogP contribution < -0.4 is 0 Å². The Morgan fingerprint density at radius 3 is 1.54 bits per heavy atom. The van der Waals surface area contributed by atoms with E-state index < -0.39 is 23.3 Å². The fraction of sp³-hybridized carbons (Fsp3) is 0.833. The first-order chi connectivity index (χ1) is 10.9. The van der Waals surface area contributed by atoms with Crippen LogP contribution in [0.2, 0.25) is 0 Å². The highest BCUT2D eigenvalue weighted by Gasteiger charge is 2.08. The molecule has 0 atom stereocenters. The summed E-state index contributed by atoms with van der Waals surface area (Å²) in [6.45, 7) is 4.04.